The zero-order valence-corrected chi connectivity index (χ0v) is 48.2. The van der Waals surface area contributed by atoms with Gasteiger partial charge in [0.05, 0.1) is 63.5 Å². The number of nitrogens with zero attached hydrogens (tertiary/aromatic N) is 15. The molecule has 2 N–H and O–H groups in total. The summed E-state index contributed by atoms with van der Waals surface area (Å²) < 4.78 is 25.3. The number of benzene rings is 6. The highest BCUT2D eigenvalue weighted by Crippen LogP contribution is 2.39. The third-order valence-corrected chi connectivity index (χ3v) is 14.5. The summed E-state index contributed by atoms with van der Waals surface area (Å²) in [7, 11) is 6.03. The summed E-state index contributed by atoms with van der Waals surface area (Å²) in [5.41, 5.74) is 19.2. The van der Waals surface area contributed by atoms with E-state index in [1.807, 2.05) is 77.1 Å². The number of halogens is 1. The van der Waals surface area contributed by atoms with Crippen LogP contribution < -0.4 is 24.7 Å². The van der Waals surface area contributed by atoms with Gasteiger partial charge in [0.15, 0.2) is 23.0 Å². The molecule has 23 heteroatoms. The number of nitrogens with two attached hydrogens (primary N) is 1. The molecule has 0 saturated carbocycles. The standard InChI is InChI=1S/C29H28N8O4.C29H30N8O2.CH3I/c1-40-27-16-25(26(37(38)39)17-28(27)41-2)29-31-33-36(32-29)23-6-3-20(4-7-23)9-12-34-13-10-21-15-24(8-5-22(21)18-34)35-14-11-30-19-35;1-38-27-16-25(26(30)17-28(27)39-2)29-32-34-37(33-29)23-6-3-20(4-7-23)9-12-35-13-10-21-15-24(8-5-22(21)18-35)36-14-11-31-19-36;1-2/h3-8,11,14-17,19H,9-10,12-13,18H2,1-2H3;3-8,11,14-17,19H,9-10,12-13,18,30H2,1-2H3;1H3. The fourth-order valence-electron chi connectivity index (χ4n) is 10.0. The van der Waals surface area contributed by atoms with Crippen molar-refractivity contribution in [3.63, 3.8) is 0 Å². The minimum atomic E-state index is -0.507. The zero-order valence-electron chi connectivity index (χ0n) is 46.0. The topological polar surface area (TPSA) is 235 Å². The molecule has 2 aliphatic heterocycles. The molecule has 6 heterocycles. The number of hydrogen-bond donors (Lipinski definition) is 1. The molecule has 420 valence electrons. The van der Waals surface area contributed by atoms with Gasteiger partial charge in [-0.15, -0.1) is 30.0 Å². The van der Waals surface area contributed by atoms with Crippen LogP contribution in [0, 0.1) is 10.1 Å². The number of rotatable bonds is 17. The first-order valence-electron chi connectivity index (χ1n) is 26.4. The average molecular weight is 1220 g/mol. The summed E-state index contributed by atoms with van der Waals surface area (Å²) in [6.45, 7) is 5.95. The van der Waals surface area contributed by atoms with E-state index in [0.717, 1.165) is 76.3 Å². The van der Waals surface area contributed by atoms with E-state index >= 15 is 0 Å². The quantitative estimate of drug-likeness (QED) is 0.0295. The molecule has 0 amide bonds. The van der Waals surface area contributed by atoms with Gasteiger partial charge in [-0.05, 0) is 129 Å². The number of alkyl halides is 1. The van der Waals surface area contributed by atoms with Gasteiger partial charge in [-0.2, -0.15) is 0 Å². The lowest BCUT2D eigenvalue weighted by atomic mass is 9.98. The van der Waals surface area contributed by atoms with E-state index in [0.29, 0.717) is 40.0 Å². The Hall–Kier alpha value is -9.07. The second kappa shape index (κ2) is 26.0. The molecule has 0 atom stereocenters. The number of hydrogen-bond acceptors (Lipinski definition) is 17. The summed E-state index contributed by atoms with van der Waals surface area (Å²) in [4.78, 5) is 29.3. The van der Waals surface area contributed by atoms with Crippen LogP contribution in [-0.4, -0.2) is 134 Å². The van der Waals surface area contributed by atoms with Gasteiger partial charge in [0, 0.05) is 98.8 Å². The molecule has 0 bridgehead atoms. The van der Waals surface area contributed by atoms with Crippen molar-refractivity contribution in [1.29, 1.82) is 0 Å². The lowest BCUT2D eigenvalue weighted by molar-refractivity contribution is -0.384. The minimum Gasteiger partial charge on any atom is -0.493 e. The Morgan fingerprint density at radius 3 is 1.41 bits per heavy atom. The Bertz CT molecular complexity index is 3760. The van der Waals surface area contributed by atoms with Crippen molar-refractivity contribution in [2.24, 2.45) is 0 Å². The van der Waals surface area contributed by atoms with Crippen LogP contribution in [0.2, 0.25) is 0 Å². The van der Waals surface area contributed by atoms with E-state index in [1.165, 1.54) is 75.0 Å². The van der Waals surface area contributed by atoms with Crippen LogP contribution in [0.4, 0.5) is 11.4 Å². The van der Waals surface area contributed by atoms with Crippen LogP contribution in [0.1, 0.15) is 33.4 Å². The number of methoxy groups -OCH3 is 4. The van der Waals surface area contributed by atoms with Crippen molar-refractivity contribution in [2.75, 3.05) is 65.3 Å². The fourth-order valence-corrected chi connectivity index (χ4v) is 10.0. The maximum atomic E-state index is 11.7. The van der Waals surface area contributed by atoms with E-state index in [9.17, 15) is 10.1 Å². The van der Waals surface area contributed by atoms with E-state index in [-0.39, 0.29) is 22.8 Å². The smallest absolute Gasteiger partial charge is 0.284 e. The highest BCUT2D eigenvalue weighted by molar-refractivity contribution is 14.1. The Labute approximate surface area is 487 Å². The zero-order chi connectivity index (χ0) is 57.1. The highest BCUT2D eigenvalue weighted by atomic mass is 127. The van der Waals surface area contributed by atoms with Crippen LogP contribution in [0.15, 0.2) is 147 Å². The first kappa shape index (κ1) is 56.2. The maximum Gasteiger partial charge on any atom is 0.284 e. The van der Waals surface area contributed by atoms with Crippen LogP contribution in [0.25, 0.3) is 45.5 Å². The van der Waals surface area contributed by atoms with E-state index in [2.05, 4.69) is 126 Å². The Kier molecular flexibility index (Phi) is 17.8. The van der Waals surface area contributed by atoms with Gasteiger partial charge < -0.3 is 33.8 Å². The molecule has 0 spiro atoms. The number of ether oxygens (including phenoxy) is 4. The molecule has 22 nitrogen and oxygen atoms in total. The van der Waals surface area contributed by atoms with Crippen molar-refractivity contribution in [3.8, 4) is 68.5 Å². The number of aromatic nitrogens is 12. The normalized spacial score (nSPS) is 13.0. The summed E-state index contributed by atoms with van der Waals surface area (Å²) >= 11 is 2.15. The van der Waals surface area contributed by atoms with Gasteiger partial charge in [-0.1, -0.05) is 59.0 Å². The molecule has 82 heavy (non-hydrogen) atoms. The van der Waals surface area contributed by atoms with E-state index in [1.54, 1.807) is 32.5 Å². The third-order valence-electron chi connectivity index (χ3n) is 14.5. The molecule has 12 rings (SSSR count). The maximum absolute atomic E-state index is 11.7. The van der Waals surface area contributed by atoms with Gasteiger partial charge in [-0.25, -0.2) is 9.97 Å². The average Bonchev–Trinajstić information content (AvgIpc) is 4.52. The predicted octanol–water partition coefficient (Wildman–Crippen LogP) is 8.81. The highest BCUT2D eigenvalue weighted by Gasteiger charge is 2.25. The Balaban J connectivity index is 0.000000179. The molecule has 4 aromatic heterocycles. The molecule has 0 radical (unpaired) electrons. The number of nitro benzene ring substituents is 1. The van der Waals surface area contributed by atoms with Crippen molar-refractivity contribution < 1.29 is 23.9 Å². The van der Waals surface area contributed by atoms with Gasteiger partial charge in [0.1, 0.15) is 5.56 Å². The first-order chi connectivity index (χ1) is 40.1. The number of tetrazole rings is 2. The van der Waals surface area contributed by atoms with Gasteiger partial charge in [0.2, 0.25) is 11.6 Å². The van der Waals surface area contributed by atoms with Gasteiger partial charge in [0.25, 0.3) is 5.69 Å². The van der Waals surface area contributed by atoms with Crippen LogP contribution in [0.5, 0.6) is 23.0 Å². The van der Waals surface area contributed by atoms with Crippen molar-refractivity contribution >= 4 is 34.0 Å². The second-order valence-corrected chi connectivity index (χ2v) is 19.3. The molecular weight excluding hydrogens is 1160 g/mol. The van der Waals surface area contributed by atoms with Gasteiger partial charge in [-0.3, -0.25) is 19.9 Å². The molecule has 0 saturated heterocycles. The van der Waals surface area contributed by atoms with Crippen molar-refractivity contribution in [2.45, 2.75) is 38.8 Å². The largest absolute Gasteiger partial charge is 0.493 e. The summed E-state index contributed by atoms with van der Waals surface area (Å²) in [6, 6.07) is 35.8. The van der Waals surface area contributed by atoms with Crippen LogP contribution in [-0.2, 0) is 38.8 Å². The predicted molar refractivity (Wildman–Crippen MR) is 319 cm³/mol. The summed E-state index contributed by atoms with van der Waals surface area (Å²) in [6.07, 6.45) is 15.2. The van der Waals surface area contributed by atoms with E-state index < -0.39 is 4.92 Å². The molecule has 0 aliphatic carbocycles. The van der Waals surface area contributed by atoms with Crippen LogP contribution >= 0.6 is 22.6 Å². The monoisotopic (exact) mass is 1220 g/mol. The van der Waals surface area contributed by atoms with Crippen molar-refractivity contribution in [3.05, 3.63) is 190 Å². The number of anilines is 1. The molecule has 0 fully saturated rings. The molecule has 2 aliphatic rings. The number of nitrogen functional groups attached to an aromatic ring is 1. The SMILES string of the molecule is CI.COc1cc(-c2nnn(-c3ccc(CCN4CCc5cc(-n6ccnc6)ccc5C4)cc3)n2)c([N+](=O)[O-])cc1OC.COc1cc(N)c(-c2nnn(-c3ccc(CCN4CCc5cc(-n6ccnc6)ccc5C4)cc3)n2)cc1OC. The molecule has 6 aromatic carbocycles. The first-order valence-corrected chi connectivity index (χ1v) is 28.5. The van der Waals surface area contributed by atoms with Gasteiger partial charge >= 0.3 is 0 Å². The van der Waals surface area contributed by atoms with Crippen molar-refractivity contribution in [1.82, 2.24) is 69.3 Å². The lowest BCUT2D eigenvalue weighted by Gasteiger charge is -2.29. The molecule has 0 unspecified atom stereocenters. The lowest BCUT2D eigenvalue weighted by Crippen LogP contribution is -2.32. The number of fused-ring (bicyclic) bond motifs is 2. The molecule has 10 aromatic rings. The van der Waals surface area contributed by atoms with E-state index in [4.69, 9.17) is 24.7 Å². The summed E-state index contributed by atoms with van der Waals surface area (Å²) in [5, 5.41) is 37.3. The Morgan fingerprint density at radius 1 is 0.549 bits per heavy atom. The van der Waals surface area contributed by atoms with Crippen LogP contribution in [0.3, 0.4) is 0 Å². The fraction of sp³-hybridized carbons (Fsp3) is 0.254. The summed E-state index contributed by atoms with van der Waals surface area (Å²) in [5.74, 6) is 2.23. The minimum absolute atomic E-state index is 0.115. The molecular formula is C59H61IN16O6. The number of nitro groups is 1. The third kappa shape index (κ3) is 12.8. The second-order valence-electron chi connectivity index (χ2n) is 19.3. The number of imidazole rings is 2. The Morgan fingerprint density at radius 2 is 0.976 bits per heavy atom.